The molecule has 0 fully saturated rings. The van der Waals surface area contributed by atoms with E-state index in [2.05, 4.69) is 4.74 Å². The van der Waals surface area contributed by atoms with Gasteiger partial charge in [-0.1, -0.05) is 5.57 Å². The molecule has 0 saturated heterocycles. The van der Waals surface area contributed by atoms with E-state index in [-0.39, 0.29) is 6.42 Å². The van der Waals surface area contributed by atoms with Crippen molar-refractivity contribution in [1.29, 1.82) is 0 Å². The maximum atomic E-state index is 13.2. The normalized spacial score (nSPS) is 31.3. The van der Waals surface area contributed by atoms with Gasteiger partial charge in [0.05, 0.1) is 0 Å². The van der Waals surface area contributed by atoms with E-state index in [0.29, 0.717) is 5.57 Å². The van der Waals surface area contributed by atoms with Crippen LogP contribution < -0.4 is 0 Å². The van der Waals surface area contributed by atoms with Gasteiger partial charge in [0.15, 0.2) is 0 Å². The summed E-state index contributed by atoms with van der Waals surface area (Å²) in [6, 6.07) is 0. The van der Waals surface area contributed by atoms with E-state index in [1.807, 2.05) is 0 Å². The van der Waals surface area contributed by atoms with Gasteiger partial charge in [0.25, 0.3) is 5.85 Å². The molecule has 1 atom stereocenters. The van der Waals surface area contributed by atoms with Gasteiger partial charge in [-0.25, -0.2) is 8.78 Å². The highest BCUT2D eigenvalue weighted by molar-refractivity contribution is 5.24. The van der Waals surface area contributed by atoms with Crippen molar-refractivity contribution >= 4 is 0 Å². The van der Waals surface area contributed by atoms with Crippen LogP contribution in [0.25, 0.3) is 0 Å². The largest absolute Gasteiger partial charge is 0.343 e. The third-order valence-electron chi connectivity index (χ3n) is 1.56. The van der Waals surface area contributed by atoms with Crippen molar-refractivity contribution < 1.29 is 13.5 Å². The van der Waals surface area contributed by atoms with Crippen molar-refractivity contribution in [3.05, 3.63) is 23.6 Å². The zero-order valence-electron chi connectivity index (χ0n) is 6.53. The lowest BCUT2D eigenvalue weighted by Gasteiger charge is -2.20. The van der Waals surface area contributed by atoms with Gasteiger partial charge in [-0.15, -0.1) is 0 Å². The molecule has 1 aliphatic rings. The van der Waals surface area contributed by atoms with Crippen molar-refractivity contribution in [1.82, 2.24) is 0 Å². The van der Waals surface area contributed by atoms with Gasteiger partial charge in [0.1, 0.15) is 5.83 Å². The Bertz CT molecular complexity index is 200. The number of methoxy groups -OCH3 is 1. The summed E-state index contributed by atoms with van der Waals surface area (Å²) in [6.07, 6.45) is 2.31. The first-order chi connectivity index (χ1) is 5.06. The second kappa shape index (κ2) is 2.74. The number of allylic oxidation sites excluding steroid dienone is 2. The zero-order chi connectivity index (χ0) is 8.48. The lowest BCUT2D eigenvalue weighted by atomic mass is 10.0. The Hall–Kier alpha value is -0.700. The molecule has 0 aromatic rings. The Morgan fingerprint density at radius 1 is 1.55 bits per heavy atom. The minimum atomic E-state index is -2.04. The fraction of sp³-hybridized carbons (Fsp3) is 0.500. The van der Waals surface area contributed by atoms with Gasteiger partial charge in [-0.05, 0) is 13.0 Å². The van der Waals surface area contributed by atoms with E-state index in [1.54, 1.807) is 6.92 Å². The van der Waals surface area contributed by atoms with Crippen molar-refractivity contribution in [2.24, 2.45) is 0 Å². The summed E-state index contributed by atoms with van der Waals surface area (Å²) in [6.45, 7) is 1.67. The van der Waals surface area contributed by atoms with Crippen molar-refractivity contribution in [2.45, 2.75) is 19.2 Å². The van der Waals surface area contributed by atoms with Crippen LogP contribution in [0.3, 0.4) is 0 Å². The van der Waals surface area contributed by atoms with E-state index in [0.717, 1.165) is 6.08 Å². The van der Waals surface area contributed by atoms with Gasteiger partial charge in [0.2, 0.25) is 0 Å². The number of ether oxygens (including phenoxy) is 1. The molecule has 0 aliphatic heterocycles. The topological polar surface area (TPSA) is 9.23 Å². The smallest absolute Gasteiger partial charge is 0.250 e. The van der Waals surface area contributed by atoms with Gasteiger partial charge in [-0.3, -0.25) is 0 Å². The molecule has 0 spiro atoms. The van der Waals surface area contributed by atoms with Crippen LogP contribution in [0.4, 0.5) is 8.78 Å². The molecule has 11 heavy (non-hydrogen) atoms. The molecule has 1 rings (SSSR count). The van der Waals surface area contributed by atoms with E-state index in [1.165, 1.54) is 13.2 Å². The van der Waals surface area contributed by atoms with Crippen LogP contribution in [0.5, 0.6) is 0 Å². The van der Waals surface area contributed by atoms with Crippen LogP contribution >= 0.6 is 0 Å². The number of alkyl halides is 1. The van der Waals surface area contributed by atoms with E-state index < -0.39 is 11.7 Å². The number of halogens is 2. The molecule has 1 aliphatic carbocycles. The van der Waals surface area contributed by atoms with Crippen molar-refractivity contribution in [3.63, 3.8) is 0 Å². The average molecular weight is 160 g/mol. The SMILES string of the molecule is COC1(F)C=C(C)CC(F)=C1. The van der Waals surface area contributed by atoms with Gasteiger partial charge in [0, 0.05) is 19.6 Å². The monoisotopic (exact) mass is 160 g/mol. The summed E-state index contributed by atoms with van der Waals surface area (Å²) in [4.78, 5) is 0. The van der Waals surface area contributed by atoms with Gasteiger partial charge >= 0.3 is 0 Å². The standard InChI is InChI=1S/C8H10F2O/c1-6-3-7(9)5-8(10,4-6)11-2/h4-5H,3H2,1-2H3. The minimum absolute atomic E-state index is 0.190. The number of hydrogen-bond acceptors (Lipinski definition) is 1. The minimum Gasteiger partial charge on any atom is -0.343 e. The van der Waals surface area contributed by atoms with Crippen LogP contribution in [-0.2, 0) is 4.74 Å². The maximum absolute atomic E-state index is 13.2. The van der Waals surface area contributed by atoms with Crippen LogP contribution in [0.15, 0.2) is 23.6 Å². The van der Waals surface area contributed by atoms with E-state index >= 15 is 0 Å². The van der Waals surface area contributed by atoms with Crippen LogP contribution in [-0.4, -0.2) is 13.0 Å². The Balaban J connectivity index is 2.89. The predicted octanol–water partition coefficient (Wildman–Crippen LogP) is 2.50. The fourth-order valence-electron chi connectivity index (χ4n) is 1.08. The molecule has 3 heteroatoms. The molecule has 0 heterocycles. The van der Waals surface area contributed by atoms with Crippen molar-refractivity contribution in [2.75, 3.05) is 7.11 Å². The summed E-state index contributed by atoms with van der Waals surface area (Å²) >= 11 is 0. The molecule has 62 valence electrons. The molecular formula is C8H10F2O. The first kappa shape index (κ1) is 8.40. The number of rotatable bonds is 1. The van der Waals surface area contributed by atoms with Crippen molar-refractivity contribution in [3.8, 4) is 0 Å². The summed E-state index contributed by atoms with van der Waals surface area (Å²) in [7, 11) is 1.21. The molecule has 0 N–H and O–H groups in total. The Kier molecular flexibility index (Phi) is 2.09. The third kappa shape index (κ3) is 1.87. The molecule has 0 amide bonds. The molecule has 0 aromatic carbocycles. The molecule has 1 nitrogen and oxygen atoms in total. The number of hydrogen-bond donors (Lipinski definition) is 0. The molecule has 0 radical (unpaired) electrons. The maximum Gasteiger partial charge on any atom is 0.250 e. The van der Waals surface area contributed by atoms with E-state index in [4.69, 9.17) is 0 Å². The summed E-state index contributed by atoms with van der Waals surface area (Å²) in [5.74, 6) is -2.51. The zero-order valence-corrected chi connectivity index (χ0v) is 6.53. The third-order valence-corrected chi connectivity index (χ3v) is 1.56. The van der Waals surface area contributed by atoms with Gasteiger partial charge in [-0.2, -0.15) is 0 Å². The Labute approximate surface area is 64.4 Å². The summed E-state index contributed by atoms with van der Waals surface area (Å²) < 4.78 is 30.3. The molecular weight excluding hydrogens is 150 g/mol. The van der Waals surface area contributed by atoms with E-state index in [9.17, 15) is 8.78 Å². The van der Waals surface area contributed by atoms with Crippen LogP contribution in [0, 0.1) is 0 Å². The first-order valence-electron chi connectivity index (χ1n) is 3.35. The lowest BCUT2D eigenvalue weighted by Crippen LogP contribution is -2.22. The quantitative estimate of drug-likeness (QED) is 0.535. The highest BCUT2D eigenvalue weighted by atomic mass is 19.2. The fourth-order valence-corrected chi connectivity index (χ4v) is 1.08. The molecule has 1 unspecified atom stereocenters. The first-order valence-corrected chi connectivity index (χ1v) is 3.35. The molecule has 0 bridgehead atoms. The predicted molar refractivity (Wildman–Crippen MR) is 38.4 cm³/mol. The van der Waals surface area contributed by atoms with Crippen LogP contribution in [0.2, 0.25) is 0 Å². The van der Waals surface area contributed by atoms with Gasteiger partial charge < -0.3 is 4.74 Å². The molecule has 0 saturated carbocycles. The highest BCUT2D eigenvalue weighted by Crippen LogP contribution is 2.29. The second-order valence-electron chi connectivity index (χ2n) is 2.66. The second-order valence-corrected chi connectivity index (χ2v) is 2.66. The Morgan fingerprint density at radius 3 is 2.64 bits per heavy atom. The van der Waals surface area contributed by atoms with Crippen LogP contribution in [0.1, 0.15) is 13.3 Å². The summed E-state index contributed by atoms with van der Waals surface area (Å²) in [5.41, 5.74) is 0.648. The lowest BCUT2D eigenvalue weighted by molar-refractivity contribution is -0.0406. The molecule has 0 aromatic heterocycles. The highest BCUT2D eigenvalue weighted by Gasteiger charge is 2.27. The average Bonchev–Trinajstić information content (AvgIpc) is 1.84. The summed E-state index contributed by atoms with van der Waals surface area (Å²) in [5, 5.41) is 0. The Morgan fingerprint density at radius 2 is 2.18 bits per heavy atom.